The van der Waals surface area contributed by atoms with E-state index >= 15 is 0 Å². The molecule has 1 rings (SSSR count). The van der Waals surface area contributed by atoms with Crippen LogP contribution in [-0.2, 0) is 4.79 Å². The number of halogens is 3. The molecule has 1 aromatic rings. The lowest BCUT2D eigenvalue weighted by atomic mass is 10.3. The van der Waals surface area contributed by atoms with Crippen LogP contribution in [0.1, 0.15) is 19.9 Å². The zero-order valence-electron chi connectivity index (χ0n) is 9.17. The van der Waals surface area contributed by atoms with Crippen molar-refractivity contribution in [2.24, 2.45) is 0 Å². The second-order valence-electron chi connectivity index (χ2n) is 3.37. The molecule has 1 heterocycles. The third-order valence-electron chi connectivity index (χ3n) is 2.33. The van der Waals surface area contributed by atoms with E-state index in [0.29, 0.717) is 11.1 Å². The second kappa shape index (κ2) is 5.64. The number of likely N-dealkylation sites (N-methyl/N-ethyl adjacent to an activating group) is 1. The van der Waals surface area contributed by atoms with Crippen molar-refractivity contribution in [2.45, 2.75) is 19.9 Å². The Morgan fingerprint density at radius 2 is 2.06 bits per heavy atom. The molecule has 0 aliphatic carbocycles. The SMILES string of the molecule is CCN(C)C(=O)C(C)n1nc(Br)c(Br)c1Br. The molecule has 1 aromatic heterocycles. The maximum absolute atomic E-state index is 12.0. The molecule has 1 amide bonds. The van der Waals surface area contributed by atoms with Crippen molar-refractivity contribution in [3.63, 3.8) is 0 Å². The topological polar surface area (TPSA) is 38.1 Å². The van der Waals surface area contributed by atoms with E-state index in [-0.39, 0.29) is 11.9 Å². The van der Waals surface area contributed by atoms with Crippen LogP contribution in [0.5, 0.6) is 0 Å². The highest BCUT2D eigenvalue weighted by atomic mass is 79.9. The summed E-state index contributed by atoms with van der Waals surface area (Å²) in [5, 5.41) is 4.24. The summed E-state index contributed by atoms with van der Waals surface area (Å²) in [6.07, 6.45) is 0. The Labute approximate surface area is 120 Å². The van der Waals surface area contributed by atoms with Crippen LogP contribution >= 0.6 is 47.8 Å². The monoisotopic (exact) mass is 415 g/mol. The Hall–Kier alpha value is 0.120. The van der Waals surface area contributed by atoms with Gasteiger partial charge >= 0.3 is 0 Å². The van der Waals surface area contributed by atoms with Gasteiger partial charge < -0.3 is 4.90 Å². The van der Waals surface area contributed by atoms with Crippen molar-refractivity contribution >= 4 is 53.7 Å². The number of carbonyl (C=O) groups is 1. The molecule has 1 unspecified atom stereocenters. The van der Waals surface area contributed by atoms with Gasteiger partial charge in [0.1, 0.15) is 15.2 Å². The van der Waals surface area contributed by atoms with Crippen molar-refractivity contribution in [2.75, 3.05) is 13.6 Å². The van der Waals surface area contributed by atoms with Gasteiger partial charge in [0, 0.05) is 13.6 Å². The molecule has 4 nitrogen and oxygen atoms in total. The van der Waals surface area contributed by atoms with Gasteiger partial charge in [-0.1, -0.05) is 0 Å². The maximum Gasteiger partial charge on any atom is 0.246 e. The van der Waals surface area contributed by atoms with Gasteiger partial charge in [-0.3, -0.25) is 4.79 Å². The van der Waals surface area contributed by atoms with Crippen molar-refractivity contribution in [3.8, 4) is 0 Å². The molecule has 16 heavy (non-hydrogen) atoms. The summed E-state index contributed by atoms with van der Waals surface area (Å²) in [6.45, 7) is 4.45. The minimum Gasteiger partial charge on any atom is -0.344 e. The number of amides is 1. The number of hydrogen-bond acceptors (Lipinski definition) is 2. The molecule has 0 aliphatic heterocycles. The summed E-state index contributed by atoms with van der Waals surface area (Å²) in [4.78, 5) is 13.6. The summed E-state index contributed by atoms with van der Waals surface area (Å²) in [6, 6.07) is -0.332. The molecule has 0 N–H and O–H groups in total. The minimum absolute atomic E-state index is 0.0331. The van der Waals surface area contributed by atoms with Gasteiger partial charge in [-0.25, -0.2) is 4.68 Å². The van der Waals surface area contributed by atoms with Gasteiger partial charge in [0.05, 0.1) is 4.47 Å². The van der Waals surface area contributed by atoms with Crippen molar-refractivity contribution in [1.29, 1.82) is 0 Å². The van der Waals surface area contributed by atoms with Crippen molar-refractivity contribution < 1.29 is 4.79 Å². The standard InChI is InChI=1S/C9H12Br3N3O/c1-4-14(3)9(16)5(2)15-8(12)6(10)7(11)13-15/h5H,4H2,1-3H3. The molecule has 0 saturated heterocycles. The smallest absolute Gasteiger partial charge is 0.246 e. The third kappa shape index (κ3) is 2.68. The first-order valence-corrected chi connectivity index (χ1v) is 7.12. The summed E-state index contributed by atoms with van der Waals surface area (Å²) in [5.41, 5.74) is 0. The number of hydrogen-bond donors (Lipinski definition) is 0. The number of aromatic nitrogens is 2. The van der Waals surface area contributed by atoms with Crippen LogP contribution in [0.4, 0.5) is 0 Å². The molecule has 90 valence electrons. The van der Waals surface area contributed by atoms with Crippen LogP contribution in [0.25, 0.3) is 0 Å². The molecule has 0 aliphatic rings. The van der Waals surface area contributed by atoms with Crippen LogP contribution in [0.3, 0.4) is 0 Å². The van der Waals surface area contributed by atoms with E-state index in [1.54, 1.807) is 16.6 Å². The maximum atomic E-state index is 12.0. The Bertz CT molecular complexity index is 405. The Morgan fingerprint density at radius 3 is 2.44 bits per heavy atom. The van der Waals surface area contributed by atoms with E-state index in [1.165, 1.54) is 0 Å². The predicted octanol–water partition coefficient (Wildman–Crippen LogP) is 3.21. The first kappa shape index (κ1) is 14.2. The van der Waals surface area contributed by atoms with E-state index in [2.05, 4.69) is 52.9 Å². The van der Waals surface area contributed by atoms with Crippen molar-refractivity contribution in [1.82, 2.24) is 14.7 Å². The van der Waals surface area contributed by atoms with Crippen LogP contribution in [-0.4, -0.2) is 34.2 Å². The van der Waals surface area contributed by atoms with Gasteiger partial charge in [-0.2, -0.15) is 5.10 Å². The third-order valence-corrected chi connectivity index (χ3v) is 5.46. The lowest BCUT2D eigenvalue weighted by Crippen LogP contribution is -2.33. The zero-order chi connectivity index (χ0) is 12.5. The molecule has 0 radical (unpaired) electrons. The van der Waals surface area contributed by atoms with Crippen LogP contribution in [0.15, 0.2) is 13.7 Å². The highest BCUT2D eigenvalue weighted by molar-refractivity contribution is 9.14. The first-order chi connectivity index (χ1) is 7.40. The van der Waals surface area contributed by atoms with E-state index in [9.17, 15) is 4.79 Å². The summed E-state index contributed by atoms with van der Waals surface area (Å²) in [5.74, 6) is 0.0331. The minimum atomic E-state index is -0.332. The Balaban J connectivity index is 3.01. The van der Waals surface area contributed by atoms with E-state index in [1.807, 2.05) is 13.8 Å². The predicted molar refractivity (Wildman–Crippen MR) is 73.3 cm³/mol. The first-order valence-electron chi connectivity index (χ1n) is 4.74. The van der Waals surface area contributed by atoms with Gasteiger partial charge in [0.25, 0.3) is 0 Å². The van der Waals surface area contributed by atoms with Crippen LogP contribution in [0, 0.1) is 0 Å². The van der Waals surface area contributed by atoms with E-state index < -0.39 is 0 Å². The van der Waals surface area contributed by atoms with E-state index in [4.69, 9.17) is 0 Å². The summed E-state index contributed by atoms with van der Waals surface area (Å²) >= 11 is 10.1. The van der Waals surface area contributed by atoms with E-state index in [0.717, 1.165) is 9.08 Å². The lowest BCUT2D eigenvalue weighted by molar-refractivity contribution is -0.133. The quantitative estimate of drug-likeness (QED) is 0.757. The Morgan fingerprint density at radius 1 is 1.50 bits per heavy atom. The molecule has 0 bridgehead atoms. The summed E-state index contributed by atoms with van der Waals surface area (Å²) in [7, 11) is 1.78. The molecular weight excluding hydrogens is 406 g/mol. The number of nitrogens with zero attached hydrogens (tertiary/aromatic N) is 3. The molecule has 0 spiro atoms. The molecule has 0 aromatic carbocycles. The number of rotatable bonds is 3. The number of carbonyl (C=O) groups excluding carboxylic acids is 1. The fourth-order valence-electron chi connectivity index (χ4n) is 1.20. The summed E-state index contributed by atoms with van der Waals surface area (Å²) < 4.78 is 3.89. The zero-order valence-corrected chi connectivity index (χ0v) is 13.9. The molecule has 1 atom stereocenters. The highest BCUT2D eigenvalue weighted by Gasteiger charge is 2.23. The van der Waals surface area contributed by atoms with Crippen LogP contribution in [0.2, 0.25) is 0 Å². The fraction of sp³-hybridized carbons (Fsp3) is 0.556. The Kier molecular flexibility index (Phi) is 5.00. The normalized spacial score (nSPS) is 12.6. The average Bonchev–Trinajstić information content (AvgIpc) is 2.54. The lowest BCUT2D eigenvalue weighted by Gasteiger charge is -2.20. The molecule has 0 fully saturated rings. The second-order valence-corrected chi connectivity index (χ2v) is 5.66. The van der Waals surface area contributed by atoms with Gasteiger partial charge in [-0.05, 0) is 61.6 Å². The molecular formula is C9H12Br3N3O. The fourth-order valence-corrected chi connectivity index (χ4v) is 2.66. The largest absolute Gasteiger partial charge is 0.344 e. The van der Waals surface area contributed by atoms with Gasteiger partial charge in [0.2, 0.25) is 5.91 Å². The van der Waals surface area contributed by atoms with Gasteiger partial charge in [0.15, 0.2) is 0 Å². The molecule has 7 heteroatoms. The average molecular weight is 418 g/mol. The van der Waals surface area contributed by atoms with Crippen LogP contribution < -0.4 is 0 Å². The molecule has 0 saturated carbocycles. The highest BCUT2D eigenvalue weighted by Crippen LogP contribution is 2.32. The van der Waals surface area contributed by atoms with Crippen molar-refractivity contribution in [3.05, 3.63) is 13.7 Å². The van der Waals surface area contributed by atoms with Gasteiger partial charge in [-0.15, -0.1) is 0 Å².